The molecular formula is C28H38F5N3O6S. The summed E-state index contributed by atoms with van der Waals surface area (Å²) in [5.74, 6) is -6.52. The molecule has 4 rings (SSSR count). The zero-order valence-corrected chi connectivity index (χ0v) is 24.7. The molecular weight excluding hydrogens is 601 g/mol. The summed E-state index contributed by atoms with van der Waals surface area (Å²) < 4.78 is 82.5. The van der Waals surface area contributed by atoms with Gasteiger partial charge in [0.15, 0.2) is 9.84 Å². The number of hydrogen-bond acceptors (Lipinski definition) is 6. The van der Waals surface area contributed by atoms with E-state index in [1.54, 1.807) is 11.0 Å². The zero-order valence-electron chi connectivity index (χ0n) is 23.9. The SMILES string of the molecule is CS(=O)(=O)CC(=O)N(CCN1[C@@H]2CC[C@H]1CC(c1cccc(C(N)=O)c1)C2)CC1CCC(F)(F)CC1.O=C(O)C(F)(F)F. The van der Waals surface area contributed by atoms with Crippen molar-refractivity contribution in [3.8, 4) is 0 Å². The molecule has 43 heavy (non-hydrogen) atoms. The normalized spacial score (nSPS) is 24.1. The third kappa shape index (κ3) is 10.4. The molecule has 2 aliphatic heterocycles. The van der Waals surface area contributed by atoms with Crippen LogP contribution in [0.2, 0.25) is 0 Å². The number of carboxylic acid groups (broad SMARTS) is 1. The van der Waals surface area contributed by atoms with Crippen LogP contribution in [0.25, 0.3) is 0 Å². The minimum Gasteiger partial charge on any atom is -0.475 e. The zero-order chi connectivity index (χ0) is 32.2. The topological polar surface area (TPSA) is 138 Å². The summed E-state index contributed by atoms with van der Waals surface area (Å²) >= 11 is 0. The third-order valence-electron chi connectivity index (χ3n) is 8.45. The van der Waals surface area contributed by atoms with Crippen molar-refractivity contribution < 1.29 is 49.9 Å². The largest absolute Gasteiger partial charge is 0.490 e. The van der Waals surface area contributed by atoms with Gasteiger partial charge in [-0.3, -0.25) is 14.5 Å². The van der Waals surface area contributed by atoms with Gasteiger partial charge in [-0.25, -0.2) is 22.0 Å². The Bertz CT molecular complexity index is 1250. The number of halogens is 5. The smallest absolute Gasteiger partial charge is 0.475 e. The molecule has 2 amide bonds. The van der Waals surface area contributed by atoms with Crippen LogP contribution in [0.15, 0.2) is 24.3 Å². The van der Waals surface area contributed by atoms with Crippen LogP contribution >= 0.6 is 0 Å². The fourth-order valence-electron chi connectivity index (χ4n) is 6.32. The first-order valence-electron chi connectivity index (χ1n) is 14.1. The number of nitrogens with two attached hydrogens (primary N) is 1. The molecule has 15 heteroatoms. The highest BCUT2D eigenvalue weighted by Crippen LogP contribution is 2.43. The van der Waals surface area contributed by atoms with E-state index < -0.39 is 45.5 Å². The Morgan fingerprint density at radius 1 is 1.07 bits per heavy atom. The van der Waals surface area contributed by atoms with Gasteiger partial charge in [0.05, 0.1) is 0 Å². The van der Waals surface area contributed by atoms with Crippen LogP contribution in [0, 0.1) is 5.92 Å². The average Bonchev–Trinajstić information content (AvgIpc) is 3.12. The molecule has 3 atom stereocenters. The van der Waals surface area contributed by atoms with Gasteiger partial charge in [0, 0.05) is 56.4 Å². The first-order valence-corrected chi connectivity index (χ1v) is 16.2. The molecule has 3 aliphatic rings. The highest BCUT2D eigenvalue weighted by atomic mass is 32.2. The van der Waals surface area contributed by atoms with Crippen molar-refractivity contribution in [2.45, 2.75) is 81.5 Å². The minimum absolute atomic E-state index is 0.0341. The number of fused-ring (bicyclic) bond motifs is 2. The molecule has 0 radical (unpaired) electrons. The van der Waals surface area contributed by atoms with Crippen LogP contribution < -0.4 is 5.73 Å². The number of nitrogens with zero attached hydrogens (tertiary/aromatic N) is 2. The van der Waals surface area contributed by atoms with Crippen molar-refractivity contribution in [3.63, 3.8) is 0 Å². The second-order valence-corrected chi connectivity index (χ2v) is 13.9. The van der Waals surface area contributed by atoms with E-state index in [1.807, 2.05) is 18.2 Å². The number of carbonyl (C=O) groups is 3. The molecule has 1 unspecified atom stereocenters. The predicted octanol–water partition coefficient (Wildman–Crippen LogP) is 3.83. The number of carbonyl (C=O) groups excluding carboxylic acids is 2. The molecule has 0 aromatic heterocycles. The van der Waals surface area contributed by atoms with E-state index in [1.165, 1.54) is 0 Å². The number of amides is 2. The maximum Gasteiger partial charge on any atom is 0.490 e. The van der Waals surface area contributed by atoms with Crippen molar-refractivity contribution in [3.05, 3.63) is 35.4 Å². The van der Waals surface area contributed by atoms with Crippen LogP contribution in [0.1, 0.15) is 73.2 Å². The lowest BCUT2D eigenvalue weighted by Crippen LogP contribution is -2.48. The van der Waals surface area contributed by atoms with Gasteiger partial charge in [-0.15, -0.1) is 0 Å². The van der Waals surface area contributed by atoms with Crippen molar-refractivity contribution >= 4 is 27.6 Å². The number of alkyl halides is 5. The molecule has 9 nitrogen and oxygen atoms in total. The summed E-state index contributed by atoms with van der Waals surface area (Å²) in [5.41, 5.74) is 7.10. The number of carboxylic acids is 1. The summed E-state index contributed by atoms with van der Waals surface area (Å²) in [7, 11) is -3.49. The summed E-state index contributed by atoms with van der Waals surface area (Å²) in [6.07, 6.45) is 0.315. The van der Waals surface area contributed by atoms with Crippen LogP contribution in [-0.2, 0) is 19.4 Å². The van der Waals surface area contributed by atoms with Gasteiger partial charge in [0.2, 0.25) is 17.7 Å². The first kappa shape index (κ1) is 34.7. The van der Waals surface area contributed by atoms with Gasteiger partial charge >= 0.3 is 12.1 Å². The second-order valence-electron chi connectivity index (χ2n) is 11.8. The fraction of sp³-hybridized carbons (Fsp3) is 0.679. The average molecular weight is 640 g/mol. The summed E-state index contributed by atoms with van der Waals surface area (Å²) in [4.78, 5) is 37.4. The standard InChI is InChI=1S/C26H37F2N3O4S.C2HF3O2/c1-36(34,35)17-24(32)30(16-18-7-9-26(27,28)10-8-18)11-12-31-22-5-6-23(31)15-21(14-22)19-3-2-4-20(13-19)25(29)33;3-2(4,5)1(6)7/h2-4,13,18,21-23H,5-12,14-17H2,1H3,(H2,29,33);(H,6,7)/t21?,22-,23+;. The molecule has 2 bridgehead atoms. The summed E-state index contributed by atoms with van der Waals surface area (Å²) in [5, 5.41) is 7.12. The summed E-state index contributed by atoms with van der Waals surface area (Å²) in [6.45, 7) is 1.37. The van der Waals surface area contributed by atoms with E-state index in [0.717, 1.165) is 37.5 Å². The second kappa shape index (κ2) is 13.9. The van der Waals surface area contributed by atoms with Crippen LogP contribution in [0.5, 0.6) is 0 Å². The molecule has 1 aromatic rings. The van der Waals surface area contributed by atoms with Gasteiger partial charge in [-0.05, 0) is 68.1 Å². The third-order valence-corrected chi connectivity index (χ3v) is 9.22. The summed E-state index contributed by atoms with van der Waals surface area (Å²) in [6, 6.07) is 8.24. The molecule has 0 spiro atoms. The van der Waals surface area contributed by atoms with Gasteiger partial charge in [-0.1, -0.05) is 12.1 Å². The number of aliphatic carboxylic acids is 1. The molecule has 242 valence electrons. The van der Waals surface area contributed by atoms with E-state index in [0.29, 0.717) is 56.0 Å². The van der Waals surface area contributed by atoms with Gasteiger partial charge < -0.3 is 15.7 Å². The van der Waals surface area contributed by atoms with E-state index in [2.05, 4.69) is 4.90 Å². The van der Waals surface area contributed by atoms with Gasteiger partial charge in [-0.2, -0.15) is 13.2 Å². The lowest BCUT2D eigenvalue weighted by Gasteiger charge is -2.40. The maximum atomic E-state index is 13.6. The highest BCUT2D eigenvalue weighted by molar-refractivity contribution is 7.91. The van der Waals surface area contributed by atoms with Gasteiger partial charge in [0.1, 0.15) is 5.75 Å². The Morgan fingerprint density at radius 3 is 2.12 bits per heavy atom. The van der Waals surface area contributed by atoms with E-state index in [4.69, 9.17) is 15.6 Å². The van der Waals surface area contributed by atoms with Crippen molar-refractivity contribution in [2.24, 2.45) is 11.7 Å². The number of hydrogen-bond donors (Lipinski definition) is 2. The van der Waals surface area contributed by atoms with Crippen LogP contribution in [0.3, 0.4) is 0 Å². The highest BCUT2D eigenvalue weighted by Gasteiger charge is 2.42. The number of sulfone groups is 1. The van der Waals surface area contributed by atoms with Crippen molar-refractivity contribution in [2.75, 3.05) is 31.6 Å². The number of rotatable bonds is 9. The quantitative estimate of drug-likeness (QED) is 0.392. The molecule has 3 N–H and O–H groups in total. The van der Waals surface area contributed by atoms with Crippen LogP contribution in [-0.4, -0.2) is 96.9 Å². The first-order chi connectivity index (χ1) is 19.8. The van der Waals surface area contributed by atoms with Gasteiger partial charge in [0.25, 0.3) is 0 Å². The Morgan fingerprint density at radius 2 is 1.63 bits per heavy atom. The molecule has 1 aromatic carbocycles. The van der Waals surface area contributed by atoms with Crippen molar-refractivity contribution in [1.82, 2.24) is 9.80 Å². The minimum atomic E-state index is -5.08. The number of benzene rings is 1. The van der Waals surface area contributed by atoms with E-state index >= 15 is 0 Å². The Kier molecular flexibility index (Phi) is 11.2. The van der Waals surface area contributed by atoms with E-state index in [9.17, 15) is 40.0 Å². The number of piperidine rings is 1. The van der Waals surface area contributed by atoms with Crippen molar-refractivity contribution in [1.29, 1.82) is 0 Å². The Balaban J connectivity index is 0.000000646. The lowest BCUT2D eigenvalue weighted by molar-refractivity contribution is -0.192. The maximum absolute atomic E-state index is 13.6. The monoisotopic (exact) mass is 639 g/mol. The Hall–Kier alpha value is -2.81. The molecule has 1 aliphatic carbocycles. The lowest BCUT2D eigenvalue weighted by atomic mass is 9.84. The molecule has 2 saturated heterocycles. The number of primary amides is 1. The molecule has 1 saturated carbocycles. The molecule has 3 fully saturated rings. The fourth-order valence-corrected chi connectivity index (χ4v) is 6.95. The predicted molar refractivity (Wildman–Crippen MR) is 147 cm³/mol. The molecule has 2 heterocycles. The van der Waals surface area contributed by atoms with E-state index in [-0.39, 0.29) is 18.8 Å². The Labute approximate surface area is 247 Å². The van der Waals surface area contributed by atoms with Crippen LogP contribution in [0.4, 0.5) is 22.0 Å².